The van der Waals surface area contributed by atoms with Crippen molar-refractivity contribution in [2.75, 3.05) is 0 Å². The molecule has 2 aliphatic heterocycles. The van der Waals surface area contributed by atoms with Crippen LogP contribution >= 0.6 is 0 Å². The van der Waals surface area contributed by atoms with Crippen molar-refractivity contribution in [3.05, 3.63) is 35.9 Å². The third-order valence-electron chi connectivity index (χ3n) is 3.77. The molecule has 5 heteroatoms. The van der Waals surface area contributed by atoms with Gasteiger partial charge in [0.1, 0.15) is 12.2 Å². The summed E-state index contributed by atoms with van der Waals surface area (Å²) in [6.45, 7) is 1.47. The molecule has 0 saturated carbocycles. The third-order valence-corrected chi connectivity index (χ3v) is 3.77. The van der Waals surface area contributed by atoms with Crippen molar-refractivity contribution in [2.24, 2.45) is 0 Å². The number of carbonyl (C=O) groups is 2. The highest BCUT2D eigenvalue weighted by Crippen LogP contribution is 2.37. The highest BCUT2D eigenvalue weighted by atomic mass is 16.6. The lowest BCUT2D eigenvalue weighted by Crippen LogP contribution is -2.51. The number of rotatable bonds is 2. The molecule has 2 aliphatic rings. The van der Waals surface area contributed by atoms with Gasteiger partial charge in [-0.05, 0) is 5.56 Å². The maximum atomic E-state index is 11.5. The minimum absolute atomic E-state index is 0.120. The summed E-state index contributed by atoms with van der Waals surface area (Å²) in [5.41, 5.74) is 1.06. The number of amides is 1. The molecule has 0 radical (unpaired) electrons. The fraction of sp³-hybridized carbons (Fsp3) is 0.467. The number of carbonyl (C=O) groups excluding carboxylic acids is 2. The lowest BCUT2D eigenvalue weighted by Gasteiger charge is -2.37. The molecule has 4 atom stereocenters. The van der Waals surface area contributed by atoms with Crippen molar-refractivity contribution in [3.8, 4) is 0 Å². The smallest absolute Gasteiger partial charge is 0.309 e. The maximum absolute atomic E-state index is 11.5. The van der Waals surface area contributed by atoms with Crippen LogP contribution in [0.15, 0.2) is 30.3 Å². The first-order valence-electron chi connectivity index (χ1n) is 6.80. The van der Waals surface area contributed by atoms with Crippen LogP contribution in [0.2, 0.25) is 0 Å². The number of esters is 1. The summed E-state index contributed by atoms with van der Waals surface area (Å²) in [7, 11) is 0. The number of hydrogen-bond donors (Lipinski definition) is 1. The van der Waals surface area contributed by atoms with Crippen LogP contribution < -0.4 is 5.32 Å². The Hall–Kier alpha value is -1.88. The Morgan fingerprint density at radius 1 is 1.30 bits per heavy atom. The van der Waals surface area contributed by atoms with Crippen LogP contribution in [0.3, 0.4) is 0 Å². The van der Waals surface area contributed by atoms with Gasteiger partial charge in [-0.25, -0.2) is 0 Å². The summed E-state index contributed by atoms with van der Waals surface area (Å²) in [4.78, 5) is 22.8. The highest BCUT2D eigenvalue weighted by molar-refractivity contribution is 5.75. The van der Waals surface area contributed by atoms with Gasteiger partial charge in [0.25, 0.3) is 0 Å². The minimum Gasteiger partial charge on any atom is -0.457 e. The van der Waals surface area contributed by atoms with Gasteiger partial charge in [-0.1, -0.05) is 30.3 Å². The summed E-state index contributed by atoms with van der Waals surface area (Å²) in [5, 5.41) is 2.88. The van der Waals surface area contributed by atoms with Crippen LogP contribution in [0.4, 0.5) is 0 Å². The average molecular weight is 275 g/mol. The Morgan fingerprint density at radius 2 is 2.05 bits per heavy atom. The standard InChI is InChI=1S/C15H17NO4/c1-9(17)16-11-7-12(10-5-3-2-4-6-10)19-13-8-14(18)20-15(11)13/h2-6,11-13,15H,7-8H2,1H3,(H,16,17)/t11-,12-,13-,15-/m1/s1. The monoisotopic (exact) mass is 275 g/mol. The van der Waals surface area contributed by atoms with Gasteiger partial charge in [0.2, 0.25) is 5.91 Å². The van der Waals surface area contributed by atoms with E-state index in [0.717, 1.165) is 5.56 Å². The van der Waals surface area contributed by atoms with E-state index in [9.17, 15) is 9.59 Å². The van der Waals surface area contributed by atoms with Crippen molar-refractivity contribution in [2.45, 2.75) is 44.1 Å². The summed E-state index contributed by atoms with van der Waals surface area (Å²) >= 11 is 0. The normalized spacial score (nSPS) is 32.4. The Kier molecular flexibility index (Phi) is 3.44. The van der Waals surface area contributed by atoms with Crippen molar-refractivity contribution in [3.63, 3.8) is 0 Å². The maximum Gasteiger partial charge on any atom is 0.309 e. The van der Waals surface area contributed by atoms with E-state index in [4.69, 9.17) is 9.47 Å². The number of ether oxygens (including phenoxy) is 2. The molecule has 1 aromatic rings. The molecule has 5 nitrogen and oxygen atoms in total. The van der Waals surface area contributed by atoms with Crippen LogP contribution in [0.5, 0.6) is 0 Å². The predicted octanol–water partition coefficient (Wildman–Crippen LogP) is 1.34. The second-order valence-electron chi connectivity index (χ2n) is 5.28. The second-order valence-corrected chi connectivity index (χ2v) is 5.28. The molecule has 0 bridgehead atoms. The molecule has 106 valence electrons. The molecule has 2 saturated heterocycles. The Bertz CT molecular complexity index is 516. The van der Waals surface area contributed by atoms with Crippen LogP contribution in [0, 0.1) is 0 Å². The fourth-order valence-electron chi connectivity index (χ4n) is 2.94. The zero-order chi connectivity index (χ0) is 14.1. The molecule has 0 aromatic heterocycles. The molecule has 1 N–H and O–H groups in total. The quantitative estimate of drug-likeness (QED) is 0.827. The van der Waals surface area contributed by atoms with Gasteiger partial charge in [0, 0.05) is 13.3 Å². The molecular weight excluding hydrogens is 258 g/mol. The van der Waals surface area contributed by atoms with E-state index in [1.807, 2.05) is 30.3 Å². The summed E-state index contributed by atoms with van der Waals surface area (Å²) < 4.78 is 11.3. The third kappa shape index (κ3) is 2.54. The number of hydrogen-bond acceptors (Lipinski definition) is 4. The van der Waals surface area contributed by atoms with Crippen LogP contribution in [-0.4, -0.2) is 30.1 Å². The minimum atomic E-state index is -0.369. The zero-order valence-electron chi connectivity index (χ0n) is 11.2. The van der Waals surface area contributed by atoms with Gasteiger partial charge in [0.05, 0.1) is 18.6 Å². The molecule has 0 unspecified atom stereocenters. The first kappa shape index (κ1) is 13.1. The topological polar surface area (TPSA) is 64.6 Å². The number of nitrogens with one attached hydrogen (secondary N) is 1. The van der Waals surface area contributed by atoms with Gasteiger partial charge >= 0.3 is 5.97 Å². The van der Waals surface area contributed by atoms with Gasteiger partial charge in [-0.3, -0.25) is 9.59 Å². The molecule has 0 aliphatic carbocycles. The Labute approximate surface area is 117 Å². The zero-order valence-corrected chi connectivity index (χ0v) is 11.2. The number of benzene rings is 1. The van der Waals surface area contributed by atoms with E-state index < -0.39 is 0 Å². The first-order chi connectivity index (χ1) is 9.63. The highest BCUT2D eigenvalue weighted by Gasteiger charge is 2.47. The average Bonchev–Trinajstić information content (AvgIpc) is 2.80. The van der Waals surface area contributed by atoms with Gasteiger partial charge in [0.15, 0.2) is 0 Å². The van der Waals surface area contributed by atoms with Crippen LogP contribution in [-0.2, 0) is 19.1 Å². The van der Waals surface area contributed by atoms with Gasteiger partial charge in [-0.15, -0.1) is 0 Å². The molecule has 3 rings (SSSR count). The summed E-state index contributed by atoms with van der Waals surface area (Å²) in [6, 6.07) is 9.65. The van der Waals surface area contributed by atoms with Crippen LogP contribution in [0.1, 0.15) is 31.4 Å². The fourth-order valence-corrected chi connectivity index (χ4v) is 2.94. The first-order valence-corrected chi connectivity index (χ1v) is 6.80. The van der Waals surface area contributed by atoms with Crippen molar-refractivity contribution in [1.29, 1.82) is 0 Å². The molecular formula is C15H17NO4. The lowest BCUT2D eigenvalue weighted by atomic mass is 9.92. The van der Waals surface area contributed by atoms with E-state index in [1.54, 1.807) is 0 Å². The van der Waals surface area contributed by atoms with E-state index in [0.29, 0.717) is 6.42 Å². The molecule has 1 amide bonds. The molecule has 1 aromatic carbocycles. The van der Waals surface area contributed by atoms with E-state index in [2.05, 4.69) is 5.32 Å². The van der Waals surface area contributed by atoms with E-state index in [-0.39, 0.29) is 42.7 Å². The second kappa shape index (κ2) is 5.25. The number of fused-ring (bicyclic) bond motifs is 1. The Morgan fingerprint density at radius 3 is 2.75 bits per heavy atom. The van der Waals surface area contributed by atoms with Crippen molar-refractivity contribution in [1.82, 2.24) is 5.32 Å². The van der Waals surface area contributed by atoms with Crippen molar-refractivity contribution < 1.29 is 19.1 Å². The Balaban J connectivity index is 1.82. The molecule has 20 heavy (non-hydrogen) atoms. The summed E-state index contributed by atoms with van der Waals surface area (Å²) in [6.07, 6.45) is 0.0933. The summed E-state index contributed by atoms with van der Waals surface area (Å²) in [5.74, 6) is -0.380. The van der Waals surface area contributed by atoms with Gasteiger partial charge in [-0.2, -0.15) is 0 Å². The van der Waals surface area contributed by atoms with E-state index >= 15 is 0 Å². The molecule has 2 fully saturated rings. The SMILES string of the molecule is CC(=O)N[C@@H]1C[C@H](c2ccccc2)O[C@@H]2CC(=O)O[C@H]12. The molecule has 0 spiro atoms. The van der Waals surface area contributed by atoms with Crippen molar-refractivity contribution >= 4 is 11.9 Å². The lowest BCUT2D eigenvalue weighted by molar-refractivity contribution is -0.150. The predicted molar refractivity (Wildman–Crippen MR) is 70.8 cm³/mol. The largest absolute Gasteiger partial charge is 0.457 e. The van der Waals surface area contributed by atoms with E-state index in [1.165, 1.54) is 6.92 Å². The van der Waals surface area contributed by atoms with Crippen LogP contribution in [0.25, 0.3) is 0 Å². The van der Waals surface area contributed by atoms with Gasteiger partial charge < -0.3 is 14.8 Å². The molecule has 2 heterocycles.